The van der Waals surface area contributed by atoms with E-state index in [1.54, 1.807) is 0 Å². The molecule has 1 aliphatic rings. The number of epoxide rings is 1. The van der Waals surface area contributed by atoms with Gasteiger partial charge in [-0.3, -0.25) is 0 Å². The fraction of sp³-hybridized carbons (Fsp3) is 1.00. The van der Waals surface area contributed by atoms with E-state index in [-0.39, 0.29) is 0 Å². The van der Waals surface area contributed by atoms with Gasteiger partial charge < -0.3 is 4.74 Å². The molecule has 1 rings (SSSR count). The third-order valence-corrected chi connectivity index (χ3v) is 4.00. The first-order valence-corrected chi connectivity index (χ1v) is 7.43. The SMILES string of the molecule is CCCCCCC1(CCCCCC)OC1C. The number of rotatable bonds is 10. The molecule has 0 aromatic rings. The fourth-order valence-corrected chi connectivity index (χ4v) is 2.67. The van der Waals surface area contributed by atoms with Crippen LogP contribution in [-0.4, -0.2) is 11.7 Å². The van der Waals surface area contributed by atoms with Crippen molar-refractivity contribution in [2.45, 2.75) is 96.7 Å². The van der Waals surface area contributed by atoms with Gasteiger partial charge in [0.25, 0.3) is 0 Å². The van der Waals surface area contributed by atoms with Crippen LogP contribution in [0.2, 0.25) is 0 Å². The van der Waals surface area contributed by atoms with Crippen molar-refractivity contribution >= 4 is 0 Å². The molecule has 0 aromatic heterocycles. The molecule has 0 aliphatic carbocycles. The summed E-state index contributed by atoms with van der Waals surface area (Å²) in [6.45, 7) is 6.80. The third-order valence-electron chi connectivity index (χ3n) is 4.00. The molecule has 0 aromatic carbocycles. The molecule has 1 unspecified atom stereocenters. The summed E-state index contributed by atoms with van der Waals surface area (Å²) in [5.41, 5.74) is 0.307. The Kier molecular flexibility index (Phi) is 6.41. The van der Waals surface area contributed by atoms with Gasteiger partial charge in [-0.05, 0) is 19.8 Å². The predicted molar refractivity (Wildman–Crippen MR) is 70.8 cm³/mol. The lowest BCUT2D eigenvalue weighted by molar-refractivity contribution is 0.256. The zero-order valence-electron chi connectivity index (χ0n) is 11.6. The van der Waals surface area contributed by atoms with Crippen LogP contribution < -0.4 is 0 Å². The second kappa shape index (κ2) is 7.32. The first kappa shape index (κ1) is 14.0. The molecule has 0 spiro atoms. The number of unbranched alkanes of at least 4 members (excludes halogenated alkanes) is 6. The van der Waals surface area contributed by atoms with Crippen molar-refractivity contribution in [2.75, 3.05) is 0 Å². The first-order valence-electron chi connectivity index (χ1n) is 7.43. The van der Waals surface area contributed by atoms with Crippen LogP contribution in [0.4, 0.5) is 0 Å². The summed E-state index contributed by atoms with van der Waals surface area (Å²) in [5, 5.41) is 0. The van der Waals surface area contributed by atoms with Gasteiger partial charge in [-0.15, -0.1) is 0 Å². The summed E-state index contributed by atoms with van der Waals surface area (Å²) < 4.78 is 5.86. The first-order chi connectivity index (χ1) is 7.75. The van der Waals surface area contributed by atoms with Crippen LogP contribution in [0.15, 0.2) is 0 Å². The highest BCUT2D eigenvalue weighted by molar-refractivity contribution is 4.99. The molecule has 0 N–H and O–H groups in total. The highest BCUT2D eigenvalue weighted by atomic mass is 16.6. The normalized spacial score (nSPS) is 22.3. The molecule has 0 amide bonds. The van der Waals surface area contributed by atoms with Crippen molar-refractivity contribution in [3.8, 4) is 0 Å². The van der Waals surface area contributed by atoms with Crippen LogP contribution in [-0.2, 0) is 4.74 Å². The number of ether oxygens (including phenoxy) is 1. The Hall–Kier alpha value is -0.0400. The molecular formula is C15H30O. The lowest BCUT2D eigenvalue weighted by Crippen LogP contribution is -2.14. The van der Waals surface area contributed by atoms with E-state index in [0.717, 1.165) is 0 Å². The Labute approximate surface area is 102 Å². The largest absolute Gasteiger partial charge is 0.366 e. The predicted octanol–water partition coefficient (Wildman–Crippen LogP) is 5.08. The average Bonchev–Trinajstić information content (AvgIpc) is 2.92. The van der Waals surface area contributed by atoms with E-state index >= 15 is 0 Å². The van der Waals surface area contributed by atoms with E-state index in [1.165, 1.54) is 64.2 Å². The maximum Gasteiger partial charge on any atom is 0.0945 e. The Morgan fingerprint density at radius 2 is 1.25 bits per heavy atom. The monoisotopic (exact) mass is 226 g/mol. The van der Waals surface area contributed by atoms with Crippen LogP contribution in [0.5, 0.6) is 0 Å². The fourth-order valence-electron chi connectivity index (χ4n) is 2.67. The van der Waals surface area contributed by atoms with Crippen molar-refractivity contribution < 1.29 is 4.74 Å². The molecule has 1 fully saturated rings. The van der Waals surface area contributed by atoms with E-state index in [9.17, 15) is 0 Å². The van der Waals surface area contributed by atoms with Gasteiger partial charge in [0.2, 0.25) is 0 Å². The molecule has 1 atom stereocenters. The van der Waals surface area contributed by atoms with E-state index in [0.29, 0.717) is 11.7 Å². The van der Waals surface area contributed by atoms with Gasteiger partial charge >= 0.3 is 0 Å². The Morgan fingerprint density at radius 3 is 1.56 bits per heavy atom. The second-order valence-corrected chi connectivity index (χ2v) is 5.45. The molecule has 1 heterocycles. The summed E-state index contributed by atoms with van der Waals surface area (Å²) in [5.74, 6) is 0. The molecular weight excluding hydrogens is 196 g/mol. The molecule has 1 heteroatoms. The van der Waals surface area contributed by atoms with Crippen LogP contribution in [0.3, 0.4) is 0 Å². The Bertz CT molecular complexity index is 164. The summed E-state index contributed by atoms with van der Waals surface area (Å²) in [4.78, 5) is 0. The maximum atomic E-state index is 5.86. The maximum absolute atomic E-state index is 5.86. The summed E-state index contributed by atoms with van der Waals surface area (Å²) in [6, 6.07) is 0. The van der Waals surface area contributed by atoms with Gasteiger partial charge in [0.1, 0.15) is 0 Å². The van der Waals surface area contributed by atoms with Gasteiger partial charge in [0.05, 0.1) is 11.7 Å². The highest BCUT2D eigenvalue weighted by Crippen LogP contribution is 2.45. The van der Waals surface area contributed by atoms with Gasteiger partial charge in [-0.2, -0.15) is 0 Å². The standard InChI is InChI=1S/C15H30O/c1-4-6-8-10-12-15(14(3)16-15)13-11-9-7-5-2/h14H,4-13H2,1-3H3. The molecule has 1 aliphatic heterocycles. The Morgan fingerprint density at radius 1 is 0.812 bits per heavy atom. The minimum Gasteiger partial charge on any atom is -0.366 e. The smallest absolute Gasteiger partial charge is 0.0945 e. The zero-order chi connectivity index (χ0) is 11.9. The number of hydrogen-bond acceptors (Lipinski definition) is 1. The molecule has 0 radical (unpaired) electrons. The van der Waals surface area contributed by atoms with Gasteiger partial charge in [-0.1, -0.05) is 65.2 Å². The van der Waals surface area contributed by atoms with Crippen LogP contribution >= 0.6 is 0 Å². The van der Waals surface area contributed by atoms with Crippen LogP contribution in [0.25, 0.3) is 0 Å². The zero-order valence-corrected chi connectivity index (χ0v) is 11.6. The lowest BCUT2D eigenvalue weighted by Gasteiger charge is -2.12. The van der Waals surface area contributed by atoms with Gasteiger partial charge in [0, 0.05) is 0 Å². The molecule has 0 bridgehead atoms. The summed E-state index contributed by atoms with van der Waals surface area (Å²) >= 11 is 0. The van der Waals surface area contributed by atoms with E-state index in [2.05, 4.69) is 20.8 Å². The Balaban J connectivity index is 2.08. The second-order valence-electron chi connectivity index (χ2n) is 5.45. The van der Waals surface area contributed by atoms with E-state index in [4.69, 9.17) is 4.74 Å². The van der Waals surface area contributed by atoms with Crippen molar-refractivity contribution in [2.24, 2.45) is 0 Å². The summed E-state index contributed by atoms with van der Waals surface area (Å²) in [7, 11) is 0. The quantitative estimate of drug-likeness (QED) is 0.373. The molecule has 16 heavy (non-hydrogen) atoms. The minimum absolute atomic E-state index is 0.307. The minimum atomic E-state index is 0.307. The van der Waals surface area contributed by atoms with E-state index in [1.807, 2.05) is 0 Å². The van der Waals surface area contributed by atoms with Gasteiger partial charge in [-0.25, -0.2) is 0 Å². The van der Waals surface area contributed by atoms with Crippen molar-refractivity contribution in [1.29, 1.82) is 0 Å². The van der Waals surface area contributed by atoms with Crippen molar-refractivity contribution in [3.63, 3.8) is 0 Å². The van der Waals surface area contributed by atoms with Gasteiger partial charge in [0.15, 0.2) is 0 Å². The third kappa shape index (κ3) is 4.45. The van der Waals surface area contributed by atoms with Crippen molar-refractivity contribution in [1.82, 2.24) is 0 Å². The van der Waals surface area contributed by atoms with Crippen LogP contribution in [0.1, 0.15) is 85.0 Å². The summed E-state index contributed by atoms with van der Waals surface area (Å²) in [6.07, 6.45) is 14.1. The molecule has 1 saturated heterocycles. The average molecular weight is 226 g/mol. The molecule has 96 valence electrons. The topological polar surface area (TPSA) is 12.5 Å². The molecule has 0 saturated carbocycles. The molecule has 1 nitrogen and oxygen atoms in total. The van der Waals surface area contributed by atoms with E-state index < -0.39 is 0 Å². The highest BCUT2D eigenvalue weighted by Gasteiger charge is 2.51. The van der Waals surface area contributed by atoms with Crippen molar-refractivity contribution in [3.05, 3.63) is 0 Å². The van der Waals surface area contributed by atoms with Crippen LogP contribution in [0, 0.1) is 0 Å². The number of hydrogen-bond donors (Lipinski definition) is 0. The lowest BCUT2D eigenvalue weighted by atomic mass is 9.92.